The van der Waals surface area contributed by atoms with Crippen LogP contribution in [-0.4, -0.2) is 16.2 Å². The van der Waals surface area contributed by atoms with Crippen LogP contribution in [0.1, 0.15) is 45.2 Å². The molecule has 0 radical (unpaired) electrons. The Kier molecular flexibility index (Phi) is 4.88. The molecule has 4 heteroatoms. The van der Waals surface area contributed by atoms with Gasteiger partial charge in [0.25, 0.3) is 0 Å². The summed E-state index contributed by atoms with van der Waals surface area (Å²) in [5, 5.41) is 19.1. The zero-order valence-corrected chi connectivity index (χ0v) is 14.5. The molecule has 0 heterocycles. The van der Waals surface area contributed by atoms with Crippen molar-refractivity contribution in [2.24, 2.45) is 5.41 Å². The Morgan fingerprint density at radius 3 is 1.58 bits per heavy atom. The fraction of sp³-hybridized carbons (Fsp3) is 0.350. The van der Waals surface area contributed by atoms with Crippen LogP contribution in [-0.2, 0) is 15.1 Å². The lowest BCUT2D eigenvalue weighted by molar-refractivity contribution is -0.166. The lowest BCUT2D eigenvalue weighted by Crippen LogP contribution is -2.36. The topological polar surface area (TPSA) is 66.8 Å². The maximum Gasteiger partial charge on any atom is 0.312 e. The maximum atomic E-state index is 12.7. The van der Waals surface area contributed by atoms with Crippen LogP contribution in [0, 0.1) is 5.41 Å². The SMILES string of the molecule is CCC(C)(C)C(=O)OC(C)(c1ccc(O)cc1)c1ccc(O)cc1. The molecule has 0 amide bonds. The van der Waals surface area contributed by atoms with Gasteiger partial charge in [-0.2, -0.15) is 0 Å². The van der Waals surface area contributed by atoms with E-state index >= 15 is 0 Å². The molecule has 0 atom stereocenters. The van der Waals surface area contributed by atoms with Gasteiger partial charge < -0.3 is 14.9 Å². The second kappa shape index (κ2) is 6.56. The van der Waals surface area contributed by atoms with Gasteiger partial charge in [-0.25, -0.2) is 0 Å². The van der Waals surface area contributed by atoms with E-state index in [1.54, 1.807) is 48.5 Å². The van der Waals surface area contributed by atoms with Crippen molar-refractivity contribution in [2.45, 2.75) is 39.7 Å². The van der Waals surface area contributed by atoms with E-state index in [0.29, 0.717) is 6.42 Å². The third kappa shape index (κ3) is 3.53. The Bertz CT molecular complexity index is 654. The second-order valence-corrected chi connectivity index (χ2v) is 6.75. The molecule has 0 spiro atoms. The molecular formula is C20H24O4. The molecule has 0 aliphatic rings. The first-order valence-corrected chi connectivity index (χ1v) is 8.01. The van der Waals surface area contributed by atoms with Crippen LogP contribution in [0.5, 0.6) is 11.5 Å². The molecule has 0 aliphatic carbocycles. The number of hydrogen-bond donors (Lipinski definition) is 2. The highest BCUT2D eigenvalue weighted by Gasteiger charge is 2.38. The summed E-state index contributed by atoms with van der Waals surface area (Å²) in [4.78, 5) is 12.7. The van der Waals surface area contributed by atoms with Crippen LogP contribution < -0.4 is 0 Å². The van der Waals surface area contributed by atoms with Gasteiger partial charge in [0.2, 0.25) is 0 Å². The Labute approximate surface area is 142 Å². The summed E-state index contributed by atoms with van der Waals surface area (Å²) >= 11 is 0. The Hall–Kier alpha value is -2.49. The first-order chi connectivity index (χ1) is 11.2. The van der Waals surface area contributed by atoms with E-state index in [4.69, 9.17) is 4.74 Å². The molecule has 0 saturated carbocycles. The second-order valence-electron chi connectivity index (χ2n) is 6.75. The van der Waals surface area contributed by atoms with Gasteiger partial charge in [-0.1, -0.05) is 31.2 Å². The summed E-state index contributed by atoms with van der Waals surface area (Å²) in [6.07, 6.45) is 0.660. The van der Waals surface area contributed by atoms with Crippen molar-refractivity contribution in [1.82, 2.24) is 0 Å². The fourth-order valence-electron chi connectivity index (χ4n) is 2.31. The molecular weight excluding hydrogens is 304 g/mol. The molecule has 2 rings (SSSR count). The predicted molar refractivity (Wildman–Crippen MR) is 92.8 cm³/mol. The molecule has 4 nitrogen and oxygen atoms in total. The lowest BCUT2D eigenvalue weighted by Gasteiger charge is -2.34. The van der Waals surface area contributed by atoms with Crippen molar-refractivity contribution in [1.29, 1.82) is 0 Å². The molecule has 0 aromatic heterocycles. The molecule has 24 heavy (non-hydrogen) atoms. The number of carbonyl (C=O) groups is 1. The third-order valence-corrected chi connectivity index (χ3v) is 4.57. The monoisotopic (exact) mass is 328 g/mol. The highest BCUT2D eigenvalue weighted by molar-refractivity contribution is 5.77. The van der Waals surface area contributed by atoms with Crippen molar-refractivity contribution >= 4 is 5.97 Å². The fourth-order valence-corrected chi connectivity index (χ4v) is 2.31. The van der Waals surface area contributed by atoms with Crippen LogP contribution in [0.2, 0.25) is 0 Å². The number of phenolic OH excluding ortho intramolecular Hbond substituents is 2. The van der Waals surface area contributed by atoms with Gasteiger partial charge >= 0.3 is 5.97 Å². The van der Waals surface area contributed by atoms with Crippen molar-refractivity contribution in [3.8, 4) is 11.5 Å². The maximum absolute atomic E-state index is 12.7. The number of carbonyl (C=O) groups excluding carboxylic acids is 1. The van der Waals surface area contributed by atoms with Gasteiger partial charge in [-0.3, -0.25) is 4.79 Å². The Balaban J connectivity index is 2.50. The minimum atomic E-state index is -1.02. The van der Waals surface area contributed by atoms with Gasteiger partial charge in [0.15, 0.2) is 5.60 Å². The van der Waals surface area contributed by atoms with Gasteiger partial charge in [0.1, 0.15) is 11.5 Å². The minimum absolute atomic E-state index is 0.145. The lowest BCUT2D eigenvalue weighted by atomic mass is 9.86. The van der Waals surface area contributed by atoms with Crippen LogP contribution in [0.4, 0.5) is 0 Å². The zero-order chi connectivity index (χ0) is 18.0. The summed E-state index contributed by atoms with van der Waals surface area (Å²) in [6.45, 7) is 7.46. The van der Waals surface area contributed by atoms with Crippen molar-refractivity contribution in [2.75, 3.05) is 0 Å². The van der Waals surface area contributed by atoms with Crippen molar-refractivity contribution in [3.63, 3.8) is 0 Å². The number of esters is 1. The molecule has 0 unspecified atom stereocenters. The molecule has 0 fully saturated rings. The average Bonchev–Trinajstić information content (AvgIpc) is 2.55. The summed E-state index contributed by atoms with van der Waals surface area (Å²) in [5.41, 5.74) is -0.141. The Morgan fingerprint density at radius 1 is 0.875 bits per heavy atom. The molecule has 128 valence electrons. The van der Waals surface area contributed by atoms with Crippen molar-refractivity contribution < 1.29 is 19.7 Å². The summed E-state index contributed by atoms with van der Waals surface area (Å²) in [6, 6.07) is 13.2. The number of phenols is 2. The standard InChI is InChI=1S/C20H24O4/c1-5-19(2,3)18(23)24-20(4,14-6-10-16(21)11-7-14)15-8-12-17(22)13-9-15/h6-13,21-22H,5H2,1-4H3. The molecule has 0 saturated heterocycles. The molecule has 2 aromatic carbocycles. The molecule has 0 bridgehead atoms. The van der Waals surface area contributed by atoms with Gasteiger partial charge in [0.05, 0.1) is 5.41 Å². The predicted octanol–water partition coefficient (Wildman–Crippen LogP) is 4.34. The number of ether oxygens (including phenoxy) is 1. The normalized spacial score (nSPS) is 12.0. The van der Waals surface area contributed by atoms with Gasteiger partial charge in [-0.15, -0.1) is 0 Å². The first-order valence-electron chi connectivity index (χ1n) is 8.01. The van der Waals surface area contributed by atoms with E-state index in [-0.39, 0.29) is 17.5 Å². The highest BCUT2D eigenvalue weighted by atomic mass is 16.6. The van der Waals surface area contributed by atoms with E-state index in [0.717, 1.165) is 11.1 Å². The summed E-state index contributed by atoms with van der Waals surface area (Å²) in [5.74, 6) is -0.00677. The Morgan fingerprint density at radius 2 is 1.25 bits per heavy atom. The largest absolute Gasteiger partial charge is 0.508 e. The van der Waals surface area contributed by atoms with Crippen LogP contribution >= 0.6 is 0 Å². The zero-order valence-electron chi connectivity index (χ0n) is 14.5. The van der Waals surface area contributed by atoms with E-state index in [9.17, 15) is 15.0 Å². The van der Waals surface area contributed by atoms with Crippen LogP contribution in [0.3, 0.4) is 0 Å². The highest BCUT2D eigenvalue weighted by Crippen LogP contribution is 2.37. The summed E-state index contributed by atoms with van der Waals surface area (Å²) < 4.78 is 5.94. The van der Waals surface area contributed by atoms with E-state index in [1.807, 2.05) is 27.7 Å². The average molecular weight is 328 g/mol. The van der Waals surface area contributed by atoms with Gasteiger partial charge in [-0.05, 0) is 51.5 Å². The van der Waals surface area contributed by atoms with E-state index in [2.05, 4.69) is 0 Å². The minimum Gasteiger partial charge on any atom is -0.508 e. The number of hydrogen-bond acceptors (Lipinski definition) is 4. The molecule has 0 aliphatic heterocycles. The quantitative estimate of drug-likeness (QED) is 0.801. The van der Waals surface area contributed by atoms with Crippen LogP contribution in [0.15, 0.2) is 48.5 Å². The van der Waals surface area contributed by atoms with Gasteiger partial charge in [0, 0.05) is 11.1 Å². The smallest absolute Gasteiger partial charge is 0.312 e. The first kappa shape index (κ1) is 17.9. The summed E-state index contributed by atoms with van der Waals surface area (Å²) in [7, 11) is 0. The molecule has 2 N–H and O–H groups in total. The third-order valence-electron chi connectivity index (χ3n) is 4.57. The van der Waals surface area contributed by atoms with Crippen LogP contribution in [0.25, 0.3) is 0 Å². The van der Waals surface area contributed by atoms with E-state index in [1.165, 1.54) is 0 Å². The number of rotatable bonds is 5. The molecule has 2 aromatic rings. The van der Waals surface area contributed by atoms with Crippen molar-refractivity contribution in [3.05, 3.63) is 59.7 Å². The van der Waals surface area contributed by atoms with E-state index < -0.39 is 11.0 Å². The number of aromatic hydroxyl groups is 2. The number of benzene rings is 2.